The summed E-state index contributed by atoms with van der Waals surface area (Å²) in [6, 6.07) is 3.67. The van der Waals surface area contributed by atoms with Crippen LogP contribution in [0.25, 0.3) is 0 Å². The van der Waals surface area contributed by atoms with Crippen LogP contribution in [0.5, 0.6) is 0 Å². The molecule has 0 spiro atoms. The number of nitrogens with one attached hydrogen (secondary N) is 1. The van der Waals surface area contributed by atoms with Gasteiger partial charge in [-0.2, -0.15) is 0 Å². The molecule has 0 aromatic carbocycles. The van der Waals surface area contributed by atoms with Crippen molar-refractivity contribution in [2.45, 2.75) is 37.0 Å². The Kier molecular flexibility index (Phi) is 5.79. The second-order valence-electron chi connectivity index (χ2n) is 4.76. The molecule has 2 rings (SSSR count). The van der Waals surface area contributed by atoms with Gasteiger partial charge in [0.2, 0.25) is 5.91 Å². The molecule has 0 bridgehead atoms. The normalized spacial score (nSPS) is 17.5. The highest BCUT2D eigenvalue weighted by Crippen LogP contribution is 2.29. The van der Waals surface area contributed by atoms with Gasteiger partial charge < -0.3 is 14.5 Å². The molecule has 5 heteroatoms. The fourth-order valence-corrected chi connectivity index (χ4v) is 3.44. The molecule has 106 valence electrons. The topological polar surface area (TPSA) is 51.5 Å². The third-order valence-electron chi connectivity index (χ3n) is 3.38. The number of ether oxygens (including phenoxy) is 1. The number of furan rings is 1. The highest BCUT2D eigenvalue weighted by atomic mass is 32.2. The second-order valence-corrected chi connectivity index (χ2v) is 6.05. The Labute approximate surface area is 118 Å². The number of carbonyl (C=O) groups excluding carboxylic acids is 1. The van der Waals surface area contributed by atoms with Crippen LogP contribution in [0.15, 0.2) is 22.8 Å². The standard InChI is InChI=1S/C14H21NO3S/c1-17-13(12-7-4-8-18-12)9-15-14(16)10-19-11-5-2-3-6-11/h4,7-8,11,13H,2-3,5-6,9-10H2,1H3,(H,15,16)/t13-/m1/s1. The number of hydrogen-bond donors (Lipinski definition) is 1. The van der Waals surface area contributed by atoms with Crippen molar-refractivity contribution in [2.24, 2.45) is 0 Å². The van der Waals surface area contributed by atoms with Crippen molar-refractivity contribution in [3.63, 3.8) is 0 Å². The van der Waals surface area contributed by atoms with E-state index in [1.54, 1.807) is 25.1 Å². The Balaban J connectivity index is 1.67. The Morgan fingerprint density at radius 3 is 3.00 bits per heavy atom. The number of methoxy groups -OCH3 is 1. The highest BCUT2D eigenvalue weighted by Gasteiger charge is 2.18. The zero-order valence-corrected chi connectivity index (χ0v) is 12.1. The van der Waals surface area contributed by atoms with Gasteiger partial charge in [0.05, 0.1) is 18.6 Å². The van der Waals surface area contributed by atoms with Crippen molar-refractivity contribution in [2.75, 3.05) is 19.4 Å². The number of carbonyl (C=O) groups is 1. The van der Waals surface area contributed by atoms with E-state index in [9.17, 15) is 4.79 Å². The SMILES string of the molecule is CO[C@H](CNC(=O)CSC1CCCC1)c1ccco1. The van der Waals surface area contributed by atoms with Gasteiger partial charge >= 0.3 is 0 Å². The third-order valence-corrected chi connectivity index (χ3v) is 4.75. The Hall–Kier alpha value is -0.940. The molecule has 0 saturated heterocycles. The average Bonchev–Trinajstić information content (AvgIpc) is 3.10. The van der Waals surface area contributed by atoms with Gasteiger partial charge in [-0.1, -0.05) is 12.8 Å². The summed E-state index contributed by atoms with van der Waals surface area (Å²) in [5, 5.41) is 3.58. The van der Waals surface area contributed by atoms with Crippen LogP contribution >= 0.6 is 11.8 Å². The molecule has 4 nitrogen and oxygen atoms in total. The van der Waals surface area contributed by atoms with Crippen LogP contribution in [0.4, 0.5) is 0 Å². The summed E-state index contributed by atoms with van der Waals surface area (Å²) in [5.41, 5.74) is 0. The van der Waals surface area contributed by atoms with Gasteiger partial charge in [-0.05, 0) is 25.0 Å². The first-order valence-electron chi connectivity index (χ1n) is 6.74. The van der Waals surface area contributed by atoms with Crippen molar-refractivity contribution in [3.05, 3.63) is 24.2 Å². The van der Waals surface area contributed by atoms with Crippen LogP contribution in [-0.4, -0.2) is 30.6 Å². The molecule has 1 atom stereocenters. The van der Waals surface area contributed by atoms with E-state index in [-0.39, 0.29) is 12.0 Å². The molecule has 1 aromatic heterocycles. The minimum absolute atomic E-state index is 0.0745. The zero-order valence-electron chi connectivity index (χ0n) is 11.3. The largest absolute Gasteiger partial charge is 0.467 e. The van der Waals surface area contributed by atoms with Gasteiger partial charge in [0.25, 0.3) is 0 Å². The van der Waals surface area contributed by atoms with Crippen LogP contribution in [0, 0.1) is 0 Å². The lowest BCUT2D eigenvalue weighted by Crippen LogP contribution is -2.30. The summed E-state index contributed by atoms with van der Waals surface area (Å²) >= 11 is 1.77. The predicted octanol–water partition coefficient (Wildman–Crippen LogP) is 2.76. The number of rotatable bonds is 7. The van der Waals surface area contributed by atoms with Gasteiger partial charge in [0, 0.05) is 12.4 Å². The lowest BCUT2D eigenvalue weighted by molar-refractivity contribution is -0.119. The number of amides is 1. The predicted molar refractivity (Wildman–Crippen MR) is 76.2 cm³/mol. The molecule has 1 N–H and O–H groups in total. The van der Waals surface area contributed by atoms with Gasteiger partial charge in [0.15, 0.2) is 0 Å². The molecule has 1 aromatic rings. The molecule has 1 heterocycles. The minimum Gasteiger partial charge on any atom is -0.467 e. The molecule has 1 amide bonds. The quantitative estimate of drug-likeness (QED) is 0.836. The number of thioether (sulfide) groups is 1. The molecular formula is C14H21NO3S. The summed E-state index contributed by atoms with van der Waals surface area (Å²) in [4.78, 5) is 11.8. The van der Waals surface area contributed by atoms with E-state index in [1.807, 2.05) is 12.1 Å². The van der Waals surface area contributed by atoms with E-state index in [0.717, 1.165) is 5.76 Å². The van der Waals surface area contributed by atoms with E-state index in [0.29, 0.717) is 17.5 Å². The maximum Gasteiger partial charge on any atom is 0.230 e. The molecule has 1 fully saturated rings. The fourth-order valence-electron chi connectivity index (χ4n) is 2.28. The molecule has 0 radical (unpaired) electrons. The smallest absolute Gasteiger partial charge is 0.230 e. The van der Waals surface area contributed by atoms with Gasteiger partial charge in [-0.25, -0.2) is 0 Å². The summed E-state index contributed by atoms with van der Waals surface area (Å²) < 4.78 is 10.6. The first kappa shape index (κ1) is 14.5. The lowest BCUT2D eigenvalue weighted by Gasteiger charge is -2.14. The van der Waals surface area contributed by atoms with Crippen LogP contribution in [0.2, 0.25) is 0 Å². The average molecular weight is 283 g/mol. The summed E-state index contributed by atoms with van der Waals surface area (Å²) in [5.74, 6) is 1.36. The van der Waals surface area contributed by atoms with Crippen LogP contribution in [0.3, 0.4) is 0 Å². The number of hydrogen-bond acceptors (Lipinski definition) is 4. The van der Waals surface area contributed by atoms with Crippen LogP contribution < -0.4 is 5.32 Å². The Morgan fingerprint density at radius 1 is 1.58 bits per heavy atom. The van der Waals surface area contributed by atoms with Crippen molar-refractivity contribution < 1.29 is 13.9 Å². The molecular weight excluding hydrogens is 262 g/mol. The van der Waals surface area contributed by atoms with Gasteiger partial charge in [0.1, 0.15) is 11.9 Å². The molecule has 0 unspecified atom stereocenters. The Bertz CT molecular complexity index is 374. The summed E-state index contributed by atoms with van der Waals surface area (Å²) in [6.07, 6.45) is 6.53. The lowest BCUT2D eigenvalue weighted by atomic mass is 10.2. The van der Waals surface area contributed by atoms with Gasteiger partial charge in [-0.3, -0.25) is 4.79 Å². The van der Waals surface area contributed by atoms with Crippen LogP contribution in [-0.2, 0) is 9.53 Å². The van der Waals surface area contributed by atoms with Crippen molar-refractivity contribution in [3.8, 4) is 0 Å². The maximum atomic E-state index is 11.8. The monoisotopic (exact) mass is 283 g/mol. The Morgan fingerprint density at radius 2 is 2.37 bits per heavy atom. The molecule has 1 aliphatic rings. The van der Waals surface area contributed by atoms with Crippen molar-refractivity contribution >= 4 is 17.7 Å². The third kappa shape index (κ3) is 4.58. The molecule has 0 aliphatic heterocycles. The van der Waals surface area contributed by atoms with Crippen LogP contribution in [0.1, 0.15) is 37.5 Å². The van der Waals surface area contributed by atoms with E-state index in [4.69, 9.17) is 9.15 Å². The maximum absolute atomic E-state index is 11.8. The van der Waals surface area contributed by atoms with Gasteiger partial charge in [-0.15, -0.1) is 11.8 Å². The van der Waals surface area contributed by atoms with E-state index in [1.165, 1.54) is 25.7 Å². The van der Waals surface area contributed by atoms with Crippen molar-refractivity contribution in [1.29, 1.82) is 0 Å². The van der Waals surface area contributed by atoms with Crippen molar-refractivity contribution in [1.82, 2.24) is 5.32 Å². The van der Waals surface area contributed by atoms with E-state index < -0.39 is 0 Å². The summed E-state index contributed by atoms with van der Waals surface area (Å²) in [6.45, 7) is 0.452. The highest BCUT2D eigenvalue weighted by molar-refractivity contribution is 8.00. The zero-order chi connectivity index (χ0) is 13.5. The summed E-state index contributed by atoms with van der Waals surface area (Å²) in [7, 11) is 1.62. The minimum atomic E-state index is -0.213. The van der Waals surface area contributed by atoms with E-state index in [2.05, 4.69) is 5.32 Å². The fraction of sp³-hybridized carbons (Fsp3) is 0.643. The van der Waals surface area contributed by atoms with E-state index >= 15 is 0 Å². The first-order chi connectivity index (χ1) is 9.29. The second kappa shape index (κ2) is 7.60. The first-order valence-corrected chi connectivity index (χ1v) is 7.79. The molecule has 1 saturated carbocycles. The molecule has 19 heavy (non-hydrogen) atoms. The molecule has 1 aliphatic carbocycles.